The third-order valence-corrected chi connectivity index (χ3v) is 2.86. The van der Waals surface area contributed by atoms with E-state index in [0.29, 0.717) is 6.54 Å². The molecule has 0 saturated heterocycles. The smallest absolute Gasteiger partial charge is 0.233 e. The summed E-state index contributed by atoms with van der Waals surface area (Å²) in [6.45, 7) is 2.78. The molecule has 0 heterocycles. The van der Waals surface area contributed by atoms with Crippen molar-refractivity contribution in [2.45, 2.75) is 12.2 Å². The third-order valence-electron chi connectivity index (χ3n) is 1.56. The highest BCUT2D eigenvalue weighted by molar-refractivity contribution is 7.84. The zero-order valence-corrected chi connectivity index (χ0v) is 8.53. The predicted molar refractivity (Wildman–Crippen MR) is 50.5 cm³/mol. The molecule has 2 N–H and O–H groups in total. The number of likely N-dealkylation sites (N-methyl/N-ethyl adjacent to an activating group) is 1. The first-order valence-corrected chi connectivity index (χ1v) is 5.43. The molecule has 0 aliphatic carbocycles. The van der Waals surface area contributed by atoms with Crippen molar-refractivity contribution in [2.24, 2.45) is 0 Å². The first kappa shape index (κ1) is 11.6. The minimum Gasteiger partial charge on any atom is -0.358 e. The molecular weight excluding hydrogens is 176 g/mol. The van der Waals surface area contributed by atoms with Gasteiger partial charge in [-0.25, -0.2) is 0 Å². The molecule has 0 aliphatic heterocycles. The molecule has 12 heavy (non-hydrogen) atoms. The van der Waals surface area contributed by atoms with Gasteiger partial charge in [0.25, 0.3) is 0 Å². The predicted octanol–water partition coefficient (Wildman–Crippen LogP) is -0.911. The molecule has 72 valence electrons. The van der Waals surface area contributed by atoms with E-state index in [-0.39, 0.29) is 17.7 Å². The van der Waals surface area contributed by atoms with Crippen LogP contribution in [0.4, 0.5) is 0 Å². The second kappa shape index (κ2) is 6.14. The monoisotopic (exact) mass is 192 g/mol. The maximum Gasteiger partial charge on any atom is 0.233 e. The van der Waals surface area contributed by atoms with E-state index in [9.17, 15) is 9.00 Å². The molecule has 2 unspecified atom stereocenters. The summed E-state index contributed by atoms with van der Waals surface area (Å²) in [4.78, 5) is 10.7. The van der Waals surface area contributed by atoms with E-state index < -0.39 is 10.8 Å². The van der Waals surface area contributed by atoms with E-state index in [2.05, 4.69) is 10.6 Å². The van der Waals surface area contributed by atoms with Crippen molar-refractivity contribution in [3.63, 3.8) is 0 Å². The van der Waals surface area contributed by atoms with Crippen LogP contribution >= 0.6 is 0 Å². The molecule has 0 saturated carbocycles. The number of carbonyl (C=O) groups excluding carboxylic acids is 1. The van der Waals surface area contributed by atoms with Crippen LogP contribution in [0.25, 0.3) is 0 Å². The van der Waals surface area contributed by atoms with Crippen LogP contribution in [0.2, 0.25) is 0 Å². The minimum absolute atomic E-state index is 0.0518. The van der Waals surface area contributed by atoms with Crippen LogP contribution < -0.4 is 10.6 Å². The summed E-state index contributed by atoms with van der Waals surface area (Å²) in [5.41, 5.74) is 0. The van der Waals surface area contributed by atoms with Crippen LogP contribution in [0, 0.1) is 0 Å². The minimum atomic E-state index is -0.821. The van der Waals surface area contributed by atoms with Crippen molar-refractivity contribution < 1.29 is 9.00 Å². The fourth-order valence-electron chi connectivity index (χ4n) is 0.595. The average molecular weight is 192 g/mol. The largest absolute Gasteiger partial charge is 0.358 e. The van der Waals surface area contributed by atoms with Crippen LogP contribution in [0.3, 0.4) is 0 Å². The fourth-order valence-corrected chi connectivity index (χ4v) is 0.947. The van der Waals surface area contributed by atoms with Gasteiger partial charge in [-0.05, 0) is 6.92 Å². The van der Waals surface area contributed by atoms with Gasteiger partial charge >= 0.3 is 0 Å². The van der Waals surface area contributed by atoms with E-state index in [0.717, 1.165) is 0 Å². The fraction of sp³-hybridized carbons (Fsp3) is 0.857. The Kier molecular flexibility index (Phi) is 5.92. The number of nitrogens with one attached hydrogen (secondary N) is 2. The lowest BCUT2D eigenvalue weighted by Crippen LogP contribution is -2.36. The van der Waals surface area contributed by atoms with Gasteiger partial charge in [-0.3, -0.25) is 9.00 Å². The summed E-state index contributed by atoms with van der Waals surface area (Å²) in [6.07, 6.45) is 1.66. The highest BCUT2D eigenvalue weighted by Gasteiger charge is 2.05. The summed E-state index contributed by atoms with van der Waals surface area (Å²) < 4.78 is 10.9. The van der Waals surface area contributed by atoms with Gasteiger partial charge in [0.05, 0.1) is 6.54 Å². The number of hydrogen-bond acceptors (Lipinski definition) is 3. The molecular formula is C7H16N2O2S. The molecule has 0 aromatic carbocycles. The first-order valence-electron chi connectivity index (χ1n) is 3.81. The summed E-state index contributed by atoms with van der Waals surface area (Å²) in [5, 5.41) is 5.49. The molecule has 0 bridgehead atoms. The van der Waals surface area contributed by atoms with E-state index in [1.165, 1.54) is 0 Å². The number of carbonyl (C=O) groups is 1. The molecule has 1 amide bonds. The number of amides is 1. The highest BCUT2D eigenvalue weighted by atomic mass is 32.2. The van der Waals surface area contributed by atoms with Crippen LogP contribution in [0.1, 0.15) is 6.92 Å². The Morgan fingerprint density at radius 3 is 2.58 bits per heavy atom. The SMILES string of the molecule is CNC(=O)CNCC(C)S(C)=O. The Bertz CT molecular complexity index is 173. The van der Waals surface area contributed by atoms with Crippen molar-refractivity contribution in [1.82, 2.24) is 10.6 Å². The number of rotatable bonds is 5. The molecule has 0 aliphatic rings. The molecule has 0 aromatic heterocycles. The van der Waals surface area contributed by atoms with Gasteiger partial charge < -0.3 is 10.6 Å². The third kappa shape index (κ3) is 5.26. The second-order valence-corrected chi connectivity index (χ2v) is 4.42. The van der Waals surface area contributed by atoms with Crippen molar-refractivity contribution in [3.8, 4) is 0 Å². The van der Waals surface area contributed by atoms with E-state index in [1.54, 1.807) is 13.3 Å². The molecule has 0 rings (SSSR count). The van der Waals surface area contributed by atoms with Crippen LogP contribution in [-0.4, -0.2) is 41.8 Å². The molecule has 4 nitrogen and oxygen atoms in total. The quantitative estimate of drug-likeness (QED) is 0.593. The summed E-state index contributed by atoms with van der Waals surface area (Å²) in [7, 11) is 0.768. The molecule has 0 spiro atoms. The van der Waals surface area contributed by atoms with Crippen molar-refractivity contribution >= 4 is 16.7 Å². The zero-order chi connectivity index (χ0) is 9.56. The average Bonchev–Trinajstić information content (AvgIpc) is 2.03. The summed E-state index contributed by atoms with van der Waals surface area (Å²) in [6, 6.07) is 0. The van der Waals surface area contributed by atoms with Crippen LogP contribution in [0.5, 0.6) is 0 Å². The van der Waals surface area contributed by atoms with Gasteiger partial charge in [-0.2, -0.15) is 0 Å². The standard InChI is InChI=1S/C7H16N2O2S/c1-6(12(3)11)4-9-5-7(10)8-2/h6,9H,4-5H2,1-3H3,(H,8,10). The van der Waals surface area contributed by atoms with Gasteiger partial charge in [0.15, 0.2) is 0 Å². The van der Waals surface area contributed by atoms with Gasteiger partial charge in [0.1, 0.15) is 0 Å². The maximum atomic E-state index is 10.9. The lowest BCUT2D eigenvalue weighted by atomic mass is 10.4. The van der Waals surface area contributed by atoms with Crippen LogP contribution in [0.15, 0.2) is 0 Å². The lowest BCUT2D eigenvalue weighted by Gasteiger charge is -2.08. The number of hydrogen-bond donors (Lipinski definition) is 2. The first-order chi connectivity index (χ1) is 5.57. The van der Waals surface area contributed by atoms with Crippen molar-refractivity contribution in [2.75, 3.05) is 26.4 Å². The highest BCUT2D eigenvalue weighted by Crippen LogP contribution is 1.88. The Balaban J connectivity index is 3.43. The van der Waals surface area contributed by atoms with E-state index >= 15 is 0 Å². The van der Waals surface area contributed by atoms with Crippen molar-refractivity contribution in [1.29, 1.82) is 0 Å². The Morgan fingerprint density at radius 2 is 2.17 bits per heavy atom. The maximum absolute atomic E-state index is 10.9. The molecule has 2 atom stereocenters. The van der Waals surface area contributed by atoms with E-state index in [4.69, 9.17) is 0 Å². The van der Waals surface area contributed by atoms with Gasteiger partial charge in [-0.1, -0.05) is 0 Å². The molecule has 0 aromatic rings. The van der Waals surface area contributed by atoms with Gasteiger partial charge in [0, 0.05) is 35.9 Å². The zero-order valence-electron chi connectivity index (χ0n) is 7.72. The Hall–Kier alpha value is -0.420. The topological polar surface area (TPSA) is 58.2 Å². The second-order valence-electron chi connectivity index (χ2n) is 2.61. The van der Waals surface area contributed by atoms with Gasteiger partial charge in [-0.15, -0.1) is 0 Å². The Labute approximate surface area is 75.6 Å². The van der Waals surface area contributed by atoms with E-state index in [1.807, 2.05) is 6.92 Å². The van der Waals surface area contributed by atoms with Gasteiger partial charge in [0.2, 0.25) is 5.91 Å². The molecule has 5 heteroatoms. The molecule has 0 radical (unpaired) electrons. The van der Waals surface area contributed by atoms with Crippen molar-refractivity contribution in [3.05, 3.63) is 0 Å². The summed E-state index contributed by atoms with van der Waals surface area (Å²) in [5.74, 6) is -0.0518. The summed E-state index contributed by atoms with van der Waals surface area (Å²) >= 11 is 0. The van der Waals surface area contributed by atoms with Crippen LogP contribution in [-0.2, 0) is 15.6 Å². The Morgan fingerprint density at radius 1 is 1.58 bits per heavy atom. The molecule has 0 fully saturated rings. The normalized spacial score (nSPS) is 15.2. The lowest BCUT2D eigenvalue weighted by molar-refractivity contribution is -0.119.